The number of fused-ring (bicyclic) bond motifs is 1. The van der Waals surface area contributed by atoms with Crippen molar-refractivity contribution in [3.05, 3.63) is 0 Å². The number of carboxylic acids is 1. The standard InChI is InChI=1S/C15H23NO5/c17-13(4-3-12-2-1-6-21-12)16-8-11-9-20-7-5-15(11,10-16)14(18)19/h11-12H,1-10H2,(H,18,19)/t11-,12?,15+/m0/s1. The molecule has 0 aromatic heterocycles. The number of hydrogen-bond donors (Lipinski definition) is 1. The lowest BCUT2D eigenvalue weighted by Gasteiger charge is -2.33. The predicted octanol–water partition coefficient (Wildman–Crippen LogP) is 0.895. The van der Waals surface area contributed by atoms with E-state index in [9.17, 15) is 14.7 Å². The second kappa shape index (κ2) is 5.93. The summed E-state index contributed by atoms with van der Waals surface area (Å²) in [6.07, 6.45) is 4.01. The van der Waals surface area contributed by atoms with E-state index in [1.54, 1.807) is 4.90 Å². The molecule has 0 aromatic rings. The molecule has 3 saturated heterocycles. The third-order valence-electron chi connectivity index (χ3n) is 5.19. The van der Waals surface area contributed by atoms with Gasteiger partial charge in [0.1, 0.15) is 0 Å². The number of ether oxygens (including phenoxy) is 2. The number of carbonyl (C=O) groups excluding carboxylic acids is 1. The van der Waals surface area contributed by atoms with Crippen molar-refractivity contribution in [1.82, 2.24) is 4.90 Å². The van der Waals surface area contributed by atoms with Crippen LogP contribution in [0.4, 0.5) is 0 Å². The van der Waals surface area contributed by atoms with E-state index in [0.717, 1.165) is 25.9 Å². The van der Waals surface area contributed by atoms with Crippen molar-refractivity contribution in [1.29, 1.82) is 0 Å². The van der Waals surface area contributed by atoms with Gasteiger partial charge in [-0.1, -0.05) is 0 Å². The Morgan fingerprint density at radius 1 is 1.33 bits per heavy atom. The molecule has 0 spiro atoms. The van der Waals surface area contributed by atoms with Crippen LogP contribution in [-0.4, -0.2) is 60.9 Å². The van der Waals surface area contributed by atoms with E-state index in [1.165, 1.54) is 0 Å². The first-order chi connectivity index (χ1) is 10.1. The van der Waals surface area contributed by atoms with Crippen LogP contribution in [0.1, 0.15) is 32.1 Å². The number of rotatable bonds is 4. The van der Waals surface area contributed by atoms with Crippen molar-refractivity contribution in [3.63, 3.8) is 0 Å². The van der Waals surface area contributed by atoms with Gasteiger partial charge in [-0.3, -0.25) is 9.59 Å². The van der Waals surface area contributed by atoms with E-state index >= 15 is 0 Å². The summed E-state index contributed by atoms with van der Waals surface area (Å²) in [6.45, 7) is 2.56. The number of aliphatic carboxylic acids is 1. The third kappa shape index (κ3) is 2.79. The Labute approximate surface area is 124 Å². The van der Waals surface area contributed by atoms with Gasteiger partial charge in [-0.05, 0) is 25.7 Å². The van der Waals surface area contributed by atoms with Crippen LogP contribution in [0, 0.1) is 11.3 Å². The molecular weight excluding hydrogens is 274 g/mol. The third-order valence-corrected chi connectivity index (χ3v) is 5.19. The van der Waals surface area contributed by atoms with Gasteiger partial charge < -0.3 is 19.5 Å². The first kappa shape index (κ1) is 14.8. The molecule has 1 N–H and O–H groups in total. The molecule has 6 heteroatoms. The molecule has 3 heterocycles. The van der Waals surface area contributed by atoms with Crippen molar-refractivity contribution in [3.8, 4) is 0 Å². The monoisotopic (exact) mass is 297 g/mol. The normalized spacial score (nSPS) is 35.7. The lowest BCUT2D eigenvalue weighted by Crippen LogP contribution is -2.45. The number of carbonyl (C=O) groups is 2. The Kier molecular flexibility index (Phi) is 4.17. The van der Waals surface area contributed by atoms with Gasteiger partial charge >= 0.3 is 5.97 Å². The largest absolute Gasteiger partial charge is 0.481 e. The van der Waals surface area contributed by atoms with E-state index in [2.05, 4.69) is 0 Å². The lowest BCUT2D eigenvalue weighted by atomic mass is 9.74. The highest BCUT2D eigenvalue weighted by molar-refractivity contribution is 5.81. The van der Waals surface area contributed by atoms with Crippen LogP contribution in [0.3, 0.4) is 0 Å². The van der Waals surface area contributed by atoms with Crippen LogP contribution in [-0.2, 0) is 19.1 Å². The number of carboxylic acid groups (broad SMARTS) is 1. The summed E-state index contributed by atoms with van der Waals surface area (Å²) in [5, 5.41) is 9.59. The van der Waals surface area contributed by atoms with Gasteiger partial charge in [-0.15, -0.1) is 0 Å². The molecule has 3 atom stereocenters. The van der Waals surface area contributed by atoms with Crippen molar-refractivity contribution < 1.29 is 24.2 Å². The fraction of sp³-hybridized carbons (Fsp3) is 0.867. The van der Waals surface area contributed by atoms with E-state index in [1.807, 2.05) is 0 Å². The number of hydrogen-bond acceptors (Lipinski definition) is 4. The first-order valence-electron chi connectivity index (χ1n) is 7.82. The van der Waals surface area contributed by atoms with Gasteiger partial charge in [0.05, 0.1) is 18.1 Å². The molecule has 3 aliphatic rings. The molecule has 3 rings (SSSR count). The summed E-state index contributed by atoms with van der Waals surface area (Å²) in [6, 6.07) is 0. The average Bonchev–Trinajstić information content (AvgIpc) is 3.12. The highest BCUT2D eigenvalue weighted by Crippen LogP contribution is 2.42. The zero-order valence-electron chi connectivity index (χ0n) is 12.3. The molecule has 0 bridgehead atoms. The van der Waals surface area contributed by atoms with Crippen molar-refractivity contribution >= 4 is 11.9 Å². The quantitative estimate of drug-likeness (QED) is 0.834. The van der Waals surface area contributed by atoms with Crippen molar-refractivity contribution in [2.45, 2.75) is 38.2 Å². The van der Waals surface area contributed by atoms with Gasteiger partial charge in [0.15, 0.2) is 0 Å². The van der Waals surface area contributed by atoms with Crippen LogP contribution >= 0.6 is 0 Å². The average molecular weight is 297 g/mol. The lowest BCUT2D eigenvalue weighted by molar-refractivity contribution is -0.157. The molecule has 21 heavy (non-hydrogen) atoms. The Morgan fingerprint density at radius 2 is 2.19 bits per heavy atom. The molecule has 1 unspecified atom stereocenters. The summed E-state index contributed by atoms with van der Waals surface area (Å²) in [5.41, 5.74) is -0.794. The second-order valence-electron chi connectivity index (χ2n) is 6.43. The number of nitrogens with zero attached hydrogens (tertiary/aromatic N) is 1. The zero-order valence-corrected chi connectivity index (χ0v) is 12.3. The molecule has 118 valence electrons. The first-order valence-corrected chi connectivity index (χ1v) is 7.82. The summed E-state index contributed by atoms with van der Waals surface area (Å²) in [5.74, 6) is -0.804. The highest BCUT2D eigenvalue weighted by atomic mass is 16.5. The Bertz CT molecular complexity index is 420. The number of likely N-dealkylation sites (tertiary alicyclic amines) is 1. The molecule has 3 fully saturated rings. The summed E-state index contributed by atoms with van der Waals surface area (Å²) in [7, 11) is 0. The van der Waals surface area contributed by atoms with Gasteiger partial charge in [0.2, 0.25) is 5.91 Å². The maximum Gasteiger partial charge on any atom is 0.311 e. The van der Waals surface area contributed by atoms with E-state index in [4.69, 9.17) is 9.47 Å². The molecular formula is C15H23NO5. The number of amides is 1. The molecule has 0 radical (unpaired) electrons. The summed E-state index contributed by atoms with van der Waals surface area (Å²) >= 11 is 0. The zero-order chi connectivity index (χ0) is 14.9. The smallest absolute Gasteiger partial charge is 0.311 e. The van der Waals surface area contributed by atoms with Crippen LogP contribution in [0.15, 0.2) is 0 Å². The SMILES string of the molecule is O=C(CCC1CCCO1)N1C[C@H]2COCC[C@@]2(C(=O)O)C1. The van der Waals surface area contributed by atoms with E-state index in [-0.39, 0.29) is 17.9 Å². The molecule has 0 saturated carbocycles. The molecule has 6 nitrogen and oxygen atoms in total. The molecule has 0 aromatic carbocycles. The fourth-order valence-corrected chi connectivity index (χ4v) is 3.80. The fourth-order valence-electron chi connectivity index (χ4n) is 3.80. The van der Waals surface area contributed by atoms with Gasteiger partial charge in [-0.25, -0.2) is 0 Å². The van der Waals surface area contributed by atoms with Gasteiger partial charge in [0.25, 0.3) is 0 Å². The predicted molar refractivity (Wildman–Crippen MR) is 73.8 cm³/mol. The maximum absolute atomic E-state index is 12.3. The van der Waals surface area contributed by atoms with Crippen molar-refractivity contribution in [2.75, 3.05) is 32.9 Å². The van der Waals surface area contributed by atoms with E-state index in [0.29, 0.717) is 39.1 Å². The minimum Gasteiger partial charge on any atom is -0.481 e. The summed E-state index contributed by atoms with van der Waals surface area (Å²) < 4.78 is 10.9. The molecule has 3 aliphatic heterocycles. The van der Waals surface area contributed by atoms with Gasteiger partial charge in [0, 0.05) is 38.6 Å². The minimum absolute atomic E-state index is 0.0560. The molecule has 1 amide bonds. The minimum atomic E-state index is -0.794. The van der Waals surface area contributed by atoms with Crippen LogP contribution in [0.2, 0.25) is 0 Å². The second-order valence-corrected chi connectivity index (χ2v) is 6.43. The maximum atomic E-state index is 12.3. The van der Waals surface area contributed by atoms with Gasteiger partial charge in [-0.2, -0.15) is 0 Å². The highest BCUT2D eigenvalue weighted by Gasteiger charge is 2.54. The van der Waals surface area contributed by atoms with E-state index < -0.39 is 11.4 Å². The van der Waals surface area contributed by atoms with Crippen LogP contribution in [0.5, 0.6) is 0 Å². The van der Waals surface area contributed by atoms with Crippen LogP contribution in [0.25, 0.3) is 0 Å². The topological polar surface area (TPSA) is 76.1 Å². The molecule has 0 aliphatic carbocycles. The Balaban J connectivity index is 1.59. The Hall–Kier alpha value is -1.14. The van der Waals surface area contributed by atoms with Crippen molar-refractivity contribution in [2.24, 2.45) is 11.3 Å². The summed E-state index contributed by atoms with van der Waals surface area (Å²) in [4.78, 5) is 25.8. The van der Waals surface area contributed by atoms with Crippen LogP contribution < -0.4 is 0 Å². The Morgan fingerprint density at radius 3 is 2.86 bits per heavy atom.